The minimum atomic E-state index is -4.70. The number of aromatic nitrogens is 2. The number of rotatable bonds is 8. The number of thioether (sulfide) groups is 1. The molecule has 0 unspecified atom stereocenters. The van der Waals surface area contributed by atoms with Gasteiger partial charge in [0, 0.05) is 45.1 Å². The van der Waals surface area contributed by atoms with Crippen LogP contribution in [0.4, 0.5) is 23.7 Å². The Morgan fingerprint density at radius 1 is 1.05 bits per heavy atom. The Labute approximate surface area is 258 Å². The predicted molar refractivity (Wildman–Crippen MR) is 158 cm³/mol. The number of carbonyl (C=O) groups excluding carboxylic acids is 2. The second-order valence-corrected chi connectivity index (χ2v) is 11.2. The summed E-state index contributed by atoms with van der Waals surface area (Å²) in [6, 6.07) is 14.0. The SMILES string of the molecule is NC(=O)c1ccc(Cl)c(Cn2cc(-c3cccc4c3SCCN4C(=O)OCCOc3cccc(Cl)c3C(F)(F)F)cn2)c1. The maximum atomic E-state index is 13.4. The largest absolute Gasteiger partial charge is 0.489 e. The monoisotopic (exact) mass is 650 g/mol. The highest BCUT2D eigenvalue weighted by Gasteiger charge is 2.37. The topological polar surface area (TPSA) is 99.7 Å². The Morgan fingerprint density at radius 2 is 1.84 bits per heavy atom. The molecular formula is C29H23Cl2F3N4O4S. The number of nitrogens with two attached hydrogens (primary N) is 1. The summed E-state index contributed by atoms with van der Waals surface area (Å²) in [6.45, 7) is 0.118. The molecule has 1 aliphatic heterocycles. The van der Waals surface area contributed by atoms with E-state index in [4.69, 9.17) is 38.4 Å². The summed E-state index contributed by atoms with van der Waals surface area (Å²) in [6.07, 6.45) is -1.81. The minimum Gasteiger partial charge on any atom is -0.489 e. The van der Waals surface area contributed by atoms with Gasteiger partial charge in [-0.25, -0.2) is 4.79 Å². The number of carbonyl (C=O) groups is 2. The molecule has 0 atom stereocenters. The molecule has 8 nitrogen and oxygen atoms in total. The van der Waals surface area contributed by atoms with Crippen molar-refractivity contribution in [3.05, 3.63) is 93.7 Å². The third kappa shape index (κ3) is 6.87. The van der Waals surface area contributed by atoms with E-state index < -0.39 is 34.5 Å². The molecular weight excluding hydrogens is 628 g/mol. The highest BCUT2D eigenvalue weighted by atomic mass is 35.5. The van der Waals surface area contributed by atoms with Gasteiger partial charge in [-0.1, -0.05) is 41.4 Å². The van der Waals surface area contributed by atoms with E-state index in [1.807, 2.05) is 18.3 Å². The molecule has 2 N–H and O–H groups in total. The number of benzene rings is 3. The van der Waals surface area contributed by atoms with Crippen LogP contribution < -0.4 is 15.4 Å². The van der Waals surface area contributed by atoms with Crippen LogP contribution in [0.15, 0.2) is 71.9 Å². The number of anilines is 1. The average molecular weight is 651 g/mol. The zero-order chi connectivity index (χ0) is 30.7. The van der Waals surface area contributed by atoms with E-state index in [2.05, 4.69) is 5.10 Å². The van der Waals surface area contributed by atoms with Crippen molar-refractivity contribution in [2.45, 2.75) is 17.6 Å². The Hall–Kier alpha value is -3.87. The van der Waals surface area contributed by atoms with Gasteiger partial charge in [-0.15, -0.1) is 11.8 Å². The summed E-state index contributed by atoms with van der Waals surface area (Å²) in [5, 5.41) is 4.44. The number of primary amides is 1. The van der Waals surface area contributed by atoms with E-state index in [9.17, 15) is 22.8 Å². The van der Waals surface area contributed by atoms with Gasteiger partial charge in [0.2, 0.25) is 5.91 Å². The van der Waals surface area contributed by atoms with E-state index >= 15 is 0 Å². The molecule has 5 rings (SSSR count). The zero-order valence-electron chi connectivity index (χ0n) is 22.2. The molecule has 14 heteroatoms. The van der Waals surface area contributed by atoms with Gasteiger partial charge in [-0.3, -0.25) is 14.4 Å². The summed E-state index contributed by atoms with van der Waals surface area (Å²) in [5.74, 6) is -0.403. The Morgan fingerprint density at radius 3 is 2.60 bits per heavy atom. The third-order valence-electron chi connectivity index (χ3n) is 6.50. The standard InChI is InChI=1S/C29H23Cl2F3N4O4S/c30-21-8-7-17(27(35)39)13-18(21)15-37-16-19(14-36-37)20-3-1-5-23-26(20)43-12-9-38(23)28(40)42-11-10-41-24-6-2-4-22(31)25(24)29(32,33)34/h1-8,13-14,16H,9-12,15H2,(H2,35,39). The van der Waals surface area contributed by atoms with Crippen LogP contribution in [0, 0.1) is 0 Å². The number of alkyl halides is 3. The number of ether oxygens (including phenoxy) is 2. The molecule has 0 saturated heterocycles. The lowest BCUT2D eigenvalue weighted by Crippen LogP contribution is -2.36. The van der Waals surface area contributed by atoms with Crippen LogP contribution in [0.25, 0.3) is 11.1 Å². The summed E-state index contributed by atoms with van der Waals surface area (Å²) in [4.78, 5) is 26.9. The van der Waals surface area contributed by atoms with Gasteiger partial charge in [-0.2, -0.15) is 18.3 Å². The highest BCUT2D eigenvalue weighted by Crippen LogP contribution is 2.43. The summed E-state index contributed by atoms with van der Waals surface area (Å²) in [5.41, 5.74) is 7.63. The molecule has 43 heavy (non-hydrogen) atoms. The molecule has 0 saturated carbocycles. The van der Waals surface area contributed by atoms with Gasteiger partial charge in [0.25, 0.3) is 0 Å². The number of hydrogen-bond acceptors (Lipinski definition) is 6. The molecule has 0 radical (unpaired) electrons. The van der Waals surface area contributed by atoms with Crippen molar-refractivity contribution in [3.8, 4) is 16.9 Å². The minimum absolute atomic E-state index is 0.270. The van der Waals surface area contributed by atoms with Crippen LogP contribution in [0.1, 0.15) is 21.5 Å². The average Bonchev–Trinajstić information content (AvgIpc) is 3.43. The zero-order valence-corrected chi connectivity index (χ0v) is 24.6. The van der Waals surface area contributed by atoms with Crippen molar-refractivity contribution < 1.29 is 32.2 Å². The van der Waals surface area contributed by atoms with E-state index in [1.165, 1.54) is 11.0 Å². The third-order valence-corrected chi connectivity index (χ3v) is 8.29. The van der Waals surface area contributed by atoms with Crippen molar-refractivity contribution in [3.63, 3.8) is 0 Å². The number of amides is 2. The van der Waals surface area contributed by atoms with Gasteiger partial charge in [-0.05, 0) is 42.0 Å². The Bertz CT molecular complexity index is 1680. The fraction of sp³-hybridized carbons (Fsp3) is 0.207. The lowest BCUT2D eigenvalue weighted by atomic mass is 10.1. The van der Waals surface area contributed by atoms with Crippen LogP contribution in [0.3, 0.4) is 0 Å². The van der Waals surface area contributed by atoms with Crippen LogP contribution in [0.5, 0.6) is 5.75 Å². The first-order valence-electron chi connectivity index (χ1n) is 12.8. The molecule has 0 spiro atoms. The molecule has 1 aromatic heterocycles. The van der Waals surface area contributed by atoms with Gasteiger partial charge in [0.1, 0.15) is 24.5 Å². The van der Waals surface area contributed by atoms with Gasteiger partial charge >= 0.3 is 12.3 Å². The fourth-order valence-electron chi connectivity index (χ4n) is 4.54. The fourth-order valence-corrected chi connectivity index (χ4v) is 6.13. The first kappa shape index (κ1) is 30.6. The van der Waals surface area contributed by atoms with Crippen LogP contribution in [0.2, 0.25) is 10.0 Å². The highest BCUT2D eigenvalue weighted by molar-refractivity contribution is 7.99. The van der Waals surface area contributed by atoms with Crippen molar-refractivity contribution in [2.75, 3.05) is 30.4 Å². The van der Waals surface area contributed by atoms with Gasteiger partial charge in [0.05, 0.1) is 23.5 Å². The van der Waals surface area contributed by atoms with E-state index in [-0.39, 0.29) is 13.2 Å². The molecule has 0 bridgehead atoms. The lowest BCUT2D eigenvalue weighted by molar-refractivity contribution is -0.138. The second kappa shape index (κ2) is 12.8. The van der Waals surface area contributed by atoms with E-state index in [1.54, 1.807) is 46.9 Å². The number of nitrogens with zero attached hydrogens (tertiary/aromatic N) is 3. The first-order chi connectivity index (χ1) is 20.5. The van der Waals surface area contributed by atoms with Gasteiger partial charge in [0.15, 0.2) is 0 Å². The molecule has 3 aromatic carbocycles. The van der Waals surface area contributed by atoms with Crippen LogP contribution >= 0.6 is 35.0 Å². The van der Waals surface area contributed by atoms with Crippen LogP contribution in [-0.2, 0) is 17.5 Å². The van der Waals surface area contributed by atoms with Crippen molar-refractivity contribution in [1.82, 2.24) is 9.78 Å². The normalized spacial score (nSPS) is 13.0. The Balaban J connectivity index is 1.27. The smallest absolute Gasteiger partial charge is 0.421 e. The molecule has 0 aliphatic carbocycles. The van der Waals surface area contributed by atoms with Gasteiger partial charge < -0.3 is 15.2 Å². The first-order valence-corrected chi connectivity index (χ1v) is 14.6. The maximum Gasteiger partial charge on any atom is 0.421 e. The predicted octanol–water partition coefficient (Wildman–Crippen LogP) is 7.15. The van der Waals surface area contributed by atoms with E-state index in [0.717, 1.165) is 28.2 Å². The van der Waals surface area contributed by atoms with Crippen molar-refractivity contribution >= 4 is 52.7 Å². The van der Waals surface area contributed by atoms with Crippen molar-refractivity contribution in [2.24, 2.45) is 5.73 Å². The van der Waals surface area contributed by atoms with Crippen LogP contribution in [-0.4, -0.2) is 47.3 Å². The number of fused-ring (bicyclic) bond motifs is 1. The summed E-state index contributed by atoms with van der Waals surface area (Å²) in [7, 11) is 0. The van der Waals surface area contributed by atoms with Crippen molar-refractivity contribution in [1.29, 1.82) is 0 Å². The maximum absolute atomic E-state index is 13.4. The molecule has 2 heterocycles. The number of halogens is 5. The van der Waals surface area contributed by atoms with E-state index in [0.29, 0.717) is 40.7 Å². The summed E-state index contributed by atoms with van der Waals surface area (Å²) < 4.78 is 52.4. The molecule has 4 aromatic rings. The second-order valence-electron chi connectivity index (χ2n) is 9.32. The molecule has 2 amide bonds. The quantitative estimate of drug-likeness (QED) is 0.203. The molecule has 224 valence electrons. The Kier molecular flexibility index (Phi) is 9.09. The summed E-state index contributed by atoms with van der Waals surface area (Å²) >= 11 is 13.6. The number of hydrogen-bond donors (Lipinski definition) is 1. The molecule has 1 aliphatic rings. The lowest BCUT2D eigenvalue weighted by Gasteiger charge is -2.29. The molecule has 0 fully saturated rings.